The second kappa shape index (κ2) is 8.81. The van der Waals surface area contributed by atoms with E-state index in [0.29, 0.717) is 5.11 Å². The van der Waals surface area contributed by atoms with Crippen LogP contribution in [0.1, 0.15) is 29.0 Å². The molecule has 1 N–H and O–H groups in total. The van der Waals surface area contributed by atoms with Gasteiger partial charge < -0.3 is 14.8 Å². The molecule has 0 unspecified atom stereocenters. The van der Waals surface area contributed by atoms with Crippen LogP contribution in [0.2, 0.25) is 0 Å². The fourth-order valence-corrected chi connectivity index (χ4v) is 5.04. The number of thiocarbonyl (C=S) groups is 1. The van der Waals surface area contributed by atoms with Crippen molar-refractivity contribution in [2.75, 3.05) is 4.90 Å². The number of nitrogens with one attached hydrogen (secondary N) is 1. The van der Waals surface area contributed by atoms with Gasteiger partial charge in [0.25, 0.3) is 0 Å². The van der Waals surface area contributed by atoms with Crippen molar-refractivity contribution in [1.82, 2.24) is 14.9 Å². The third-order valence-electron chi connectivity index (χ3n) is 5.71. The van der Waals surface area contributed by atoms with Gasteiger partial charge in [-0.15, -0.1) is 0 Å². The summed E-state index contributed by atoms with van der Waals surface area (Å²) < 4.78 is 4.36. The number of hydrogen-bond donors (Lipinski definition) is 1. The van der Waals surface area contributed by atoms with E-state index in [2.05, 4.69) is 125 Å². The molecule has 32 heavy (non-hydrogen) atoms. The van der Waals surface area contributed by atoms with Crippen molar-refractivity contribution >= 4 is 54.9 Å². The third-order valence-corrected chi connectivity index (χ3v) is 7.44. The molecule has 0 saturated carbocycles. The van der Waals surface area contributed by atoms with Gasteiger partial charge in [0.1, 0.15) is 6.04 Å². The molecule has 1 aliphatic heterocycles. The highest BCUT2D eigenvalue weighted by molar-refractivity contribution is 9.10. The number of halogens is 2. The molecule has 2 aromatic heterocycles. The lowest BCUT2D eigenvalue weighted by Gasteiger charge is -2.29. The van der Waals surface area contributed by atoms with Crippen molar-refractivity contribution in [3.05, 3.63) is 111 Å². The van der Waals surface area contributed by atoms with E-state index in [0.717, 1.165) is 37.3 Å². The number of aromatic nitrogens is 2. The van der Waals surface area contributed by atoms with Crippen LogP contribution in [0.5, 0.6) is 0 Å². The third kappa shape index (κ3) is 3.89. The van der Waals surface area contributed by atoms with E-state index < -0.39 is 0 Å². The van der Waals surface area contributed by atoms with E-state index in [1.807, 2.05) is 18.3 Å². The summed E-state index contributed by atoms with van der Waals surface area (Å²) >= 11 is 13.0. The van der Waals surface area contributed by atoms with Gasteiger partial charge in [0, 0.05) is 38.4 Å². The van der Waals surface area contributed by atoms with Crippen LogP contribution in [-0.4, -0.2) is 14.7 Å². The van der Waals surface area contributed by atoms with Crippen LogP contribution < -0.4 is 10.2 Å². The highest BCUT2D eigenvalue weighted by Crippen LogP contribution is 2.42. The van der Waals surface area contributed by atoms with E-state index in [4.69, 9.17) is 12.2 Å². The Bertz CT molecular complexity index is 1270. The maximum atomic E-state index is 5.86. The smallest absolute Gasteiger partial charge is 0.174 e. The molecule has 0 spiro atoms. The van der Waals surface area contributed by atoms with Gasteiger partial charge >= 0.3 is 0 Å². The lowest BCUT2D eigenvalue weighted by molar-refractivity contribution is 0.549. The number of nitrogens with zero attached hydrogens (tertiary/aromatic N) is 3. The predicted octanol–water partition coefficient (Wildman–Crippen LogP) is 6.88. The monoisotopic (exact) mass is 566 g/mol. The fraction of sp³-hybridized carbons (Fsp3) is 0.120. The molecule has 0 bridgehead atoms. The summed E-state index contributed by atoms with van der Waals surface area (Å²) in [5, 5.41) is 4.23. The van der Waals surface area contributed by atoms with Crippen LogP contribution in [0.15, 0.2) is 94.1 Å². The normalized spacial score (nSPS) is 18.1. The SMILES string of the molecule is Cc1cc(N2C(=S)N[C@@H](c3ccccn3)[C@H]2c2cccn2-c2ccc(Br)cc2)ccc1Br. The van der Waals surface area contributed by atoms with Crippen LogP contribution in [-0.2, 0) is 0 Å². The Morgan fingerprint density at radius 3 is 2.44 bits per heavy atom. The Kier molecular flexibility index (Phi) is 5.88. The molecule has 1 fully saturated rings. The van der Waals surface area contributed by atoms with E-state index in [1.54, 1.807) is 0 Å². The van der Waals surface area contributed by atoms with E-state index in [1.165, 1.54) is 0 Å². The zero-order valence-corrected chi connectivity index (χ0v) is 21.2. The van der Waals surface area contributed by atoms with Gasteiger partial charge in [-0.1, -0.05) is 37.9 Å². The number of hydrogen-bond acceptors (Lipinski definition) is 2. The molecule has 7 heteroatoms. The largest absolute Gasteiger partial charge is 0.351 e. The molecule has 4 aromatic rings. The summed E-state index contributed by atoms with van der Waals surface area (Å²) in [6.07, 6.45) is 3.93. The average Bonchev–Trinajstić information content (AvgIpc) is 3.41. The van der Waals surface area contributed by atoms with Crippen molar-refractivity contribution < 1.29 is 0 Å². The fourth-order valence-electron chi connectivity index (χ4n) is 4.18. The molecule has 0 aliphatic carbocycles. The van der Waals surface area contributed by atoms with E-state index in [-0.39, 0.29) is 12.1 Å². The van der Waals surface area contributed by atoms with Crippen LogP contribution in [0.25, 0.3) is 5.69 Å². The first kappa shape index (κ1) is 21.4. The number of pyridine rings is 1. The zero-order chi connectivity index (χ0) is 22.2. The maximum Gasteiger partial charge on any atom is 0.174 e. The van der Waals surface area contributed by atoms with Crippen LogP contribution >= 0.6 is 44.1 Å². The Morgan fingerprint density at radius 2 is 1.72 bits per heavy atom. The molecule has 2 atom stereocenters. The van der Waals surface area contributed by atoms with Crippen molar-refractivity contribution in [2.24, 2.45) is 0 Å². The second-order valence-corrected chi connectivity index (χ2v) is 9.87. The first-order valence-corrected chi connectivity index (χ1v) is 12.2. The summed E-state index contributed by atoms with van der Waals surface area (Å²) in [4.78, 5) is 6.86. The number of rotatable bonds is 4. The number of anilines is 1. The highest BCUT2D eigenvalue weighted by atomic mass is 79.9. The van der Waals surface area contributed by atoms with Gasteiger partial charge in [0.05, 0.1) is 11.7 Å². The predicted molar refractivity (Wildman–Crippen MR) is 140 cm³/mol. The van der Waals surface area contributed by atoms with Crippen LogP contribution in [0, 0.1) is 6.92 Å². The van der Waals surface area contributed by atoms with Gasteiger partial charge in [-0.05, 0) is 91.4 Å². The summed E-state index contributed by atoms with van der Waals surface area (Å²) in [7, 11) is 0. The van der Waals surface area contributed by atoms with Crippen LogP contribution in [0.4, 0.5) is 5.69 Å². The zero-order valence-electron chi connectivity index (χ0n) is 17.2. The lowest BCUT2D eigenvalue weighted by atomic mass is 10.0. The molecule has 0 amide bonds. The molecule has 0 radical (unpaired) electrons. The maximum absolute atomic E-state index is 5.86. The minimum Gasteiger partial charge on any atom is -0.351 e. The van der Waals surface area contributed by atoms with Gasteiger partial charge in [-0.2, -0.15) is 0 Å². The van der Waals surface area contributed by atoms with Crippen molar-refractivity contribution in [3.8, 4) is 5.69 Å². The molecule has 160 valence electrons. The average molecular weight is 568 g/mol. The van der Waals surface area contributed by atoms with Crippen molar-refractivity contribution in [2.45, 2.75) is 19.0 Å². The number of aryl methyl sites for hydroxylation is 1. The molecular weight excluding hydrogens is 548 g/mol. The quantitative estimate of drug-likeness (QED) is 0.272. The summed E-state index contributed by atoms with van der Waals surface area (Å²) in [6, 6.07) is 24.8. The molecule has 2 aromatic carbocycles. The minimum atomic E-state index is -0.0863. The summed E-state index contributed by atoms with van der Waals surface area (Å²) in [5.41, 5.74) is 5.40. The topological polar surface area (TPSA) is 33.1 Å². The van der Waals surface area contributed by atoms with E-state index in [9.17, 15) is 0 Å². The minimum absolute atomic E-state index is 0.0726. The van der Waals surface area contributed by atoms with Gasteiger partial charge in [0.2, 0.25) is 0 Å². The molecule has 1 aliphatic rings. The first-order valence-electron chi connectivity index (χ1n) is 10.2. The van der Waals surface area contributed by atoms with Gasteiger partial charge in [-0.3, -0.25) is 4.98 Å². The molecular formula is C25H20Br2N4S. The van der Waals surface area contributed by atoms with E-state index >= 15 is 0 Å². The molecule has 3 heterocycles. The van der Waals surface area contributed by atoms with Crippen molar-refractivity contribution in [3.63, 3.8) is 0 Å². The Hall–Kier alpha value is -2.48. The number of benzene rings is 2. The Morgan fingerprint density at radius 1 is 0.938 bits per heavy atom. The summed E-state index contributed by atoms with van der Waals surface area (Å²) in [6.45, 7) is 2.09. The molecule has 4 nitrogen and oxygen atoms in total. The van der Waals surface area contributed by atoms with Crippen LogP contribution in [0.3, 0.4) is 0 Å². The second-order valence-electron chi connectivity index (χ2n) is 7.71. The summed E-state index contributed by atoms with van der Waals surface area (Å²) in [5.74, 6) is 0. The highest BCUT2D eigenvalue weighted by Gasteiger charge is 2.42. The molecule has 5 rings (SSSR count). The Labute approximate surface area is 209 Å². The molecule has 1 saturated heterocycles. The van der Waals surface area contributed by atoms with Gasteiger partial charge in [-0.25, -0.2) is 0 Å². The Balaban J connectivity index is 1.67. The first-order chi connectivity index (χ1) is 15.5. The lowest BCUT2D eigenvalue weighted by Crippen LogP contribution is -2.30. The van der Waals surface area contributed by atoms with Crippen molar-refractivity contribution in [1.29, 1.82) is 0 Å². The standard InChI is InChI=1S/C25H20Br2N4S/c1-16-15-19(11-12-20(16)27)31-24(23(29-25(31)32)21-5-2-3-13-28-21)22-6-4-14-30(22)18-9-7-17(26)8-10-18/h2-15,23-24H,1H3,(H,29,32)/t23-,24+/m0/s1. The van der Waals surface area contributed by atoms with Gasteiger partial charge in [0.15, 0.2) is 5.11 Å².